The Morgan fingerprint density at radius 1 is 1.24 bits per heavy atom. The lowest BCUT2D eigenvalue weighted by molar-refractivity contribution is 0.189. The predicted octanol–water partition coefficient (Wildman–Crippen LogP) is 2.42. The van der Waals surface area contributed by atoms with E-state index in [2.05, 4.69) is 48.9 Å². The van der Waals surface area contributed by atoms with E-state index in [0.29, 0.717) is 0 Å². The molecule has 1 aliphatic heterocycles. The number of hydrogen-bond donors (Lipinski definition) is 1. The molecular formula is C16H20BrN3O. The largest absolute Gasteiger partial charge is 0.395 e. The number of aliphatic hydroxyl groups is 1. The summed E-state index contributed by atoms with van der Waals surface area (Å²) in [5.41, 5.74) is 3.34. The molecule has 0 aliphatic carbocycles. The van der Waals surface area contributed by atoms with E-state index in [-0.39, 0.29) is 6.61 Å². The van der Waals surface area contributed by atoms with E-state index in [1.807, 2.05) is 13.0 Å². The summed E-state index contributed by atoms with van der Waals surface area (Å²) in [7, 11) is 0. The number of para-hydroxylation sites is 1. The number of aromatic nitrogens is 1. The number of halogens is 1. The Balaban J connectivity index is 1.92. The Morgan fingerprint density at radius 3 is 2.71 bits per heavy atom. The predicted molar refractivity (Wildman–Crippen MR) is 89.9 cm³/mol. The topological polar surface area (TPSA) is 39.6 Å². The van der Waals surface area contributed by atoms with Crippen LogP contribution >= 0.6 is 15.9 Å². The van der Waals surface area contributed by atoms with E-state index in [4.69, 9.17) is 5.11 Å². The molecule has 0 atom stereocenters. The SMILES string of the molecule is Cc1cc(N2CCN(CCO)CC2)c2cccc(Br)c2n1. The van der Waals surface area contributed by atoms with Gasteiger partial charge in [0.2, 0.25) is 0 Å². The molecule has 4 nitrogen and oxygen atoms in total. The minimum Gasteiger partial charge on any atom is -0.395 e. The van der Waals surface area contributed by atoms with Crippen molar-refractivity contribution in [2.75, 3.05) is 44.2 Å². The second-order valence-corrected chi connectivity index (χ2v) is 6.33. The first-order chi connectivity index (χ1) is 10.2. The van der Waals surface area contributed by atoms with Gasteiger partial charge in [-0.25, -0.2) is 0 Å². The third kappa shape index (κ3) is 3.05. The van der Waals surface area contributed by atoms with Crippen LogP contribution in [0.5, 0.6) is 0 Å². The van der Waals surface area contributed by atoms with Crippen molar-refractivity contribution < 1.29 is 5.11 Å². The van der Waals surface area contributed by atoms with Crippen LogP contribution in [-0.4, -0.2) is 54.3 Å². The Morgan fingerprint density at radius 2 is 2.00 bits per heavy atom. The van der Waals surface area contributed by atoms with Gasteiger partial charge in [0.15, 0.2) is 0 Å². The molecule has 21 heavy (non-hydrogen) atoms. The Labute approximate surface area is 133 Å². The van der Waals surface area contributed by atoms with Gasteiger partial charge in [-0.05, 0) is 35.0 Å². The van der Waals surface area contributed by atoms with Gasteiger partial charge in [0.25, 0.3) is 0 Å². The first kappa shape index (κ1) is 14.8. The van der Waals surface area contributed by atoms with Crippen LogP contribution in [0.2, 0.25) is 0 Å². The molecular weight excluding hydrogens is 330 g/mol. The Bertz CT molecular complexity index is 639. The van der Waals surface area contributed by atoms with Crippen LogP contribution in [0.25, 0.3) is 10.9 Å². The monoisotopic (exact) mass is 349 g/mol. The van der Waals surface area contributed by atoms with Crippen molar-refractivity contribution in [3.63, 3.8) is 0 Å². The summed E-state index contributed by atoms with van der Waals surface area (Å²) in [6.07, 6.45) is 0. The van der Waals surface area contributed by atoms with Crippen molar-refractivity contribution in [3.05, 3.63) is 34.4 Å². The number of pyridine rings is 1. The van der Waals surface area contributed by atoms with E-state index in [9.17, 15) is 0 Å². The van der Waals surface area contributed by atoms with E-state index in [1.54, 1.807) is 0 Å². The number of aryl methyl sites for hydroxylation is 1. The fraction of sp³-hybridized carbons (Fsp3) is 0.438. The molecule has 1 aliphatic rings. The average molecular weight is 350 g/mol. The molecule has 0 bridgehead atoms. The van der Waals surface area contributed by atoms with Gasteiger partial charge in [0.05, 0.1) is 12.1 Å². The summed E-state index contributed by atoms with van der Waals surface area (Å²) >= 11 is 3.60. The van der Waals surface area contributed by atoms with Crippen LogP contribution in [0.3, 0.4) is 0 Å². The second kappa shape index (κ2) is 6.30. The zero-order valence-corrected chi connectivity index (χ0v) is 13.8. The maximum Gasteiger partial charge on any atom is 0.0867 e. The lowest BCUT2D eigenvalue weighted by Gasteiger charge is -2.36. The number of fused-ring (bicyclic) bond motifs is 1. The highest BCUT2D eigenvalue weighted by atomic mass is 79.9. The van der Waals surface area contributed by atoms with Gasteiger partial charge in [-0.3, -0.25) is 9.88 Å². The van der Waals surface area contributed by atoms with E-state index < -0.39 is 0 Å². The van der Waals surface area contributed by atoms with Gasteiger partial charge in [-0.1, -0.05) is 12.1 Å². The highest BCUT2D eigenvalue weighted by molar-refractivity contribution is 9.10. The van der Waals surface area contributed by atoms with Crippen LogP contribution in [0.1, 0.15) is 5.69 Å². The van der Waals surface area contributed by atoms with E-state index in [1.165, 1.54) is 11.1 Å². The molecule has 1 aromatic carbocycles. The zero-order chi connectivity index (χ0) is 14.8. The summed E-state index contributed by atoms with van der Waals surface area (Å²) in [5, 5.41) is 10.2. The van der Waals surface area contributed by atoms with Crippen LogP contribution in [-0.2, 0) is 0 Å². The minimum absolute atomic E-state index is 0.240. The summed E-state index contributed by atoms with van der Waals surface area (Å²) in [4.78, 5) is 9.39. The summed E-state index contributed by atoms with van der Waals surface area (Å²) in [5.74, 6) is 0. The van der Waals surface area contributed by atoms with Crippen molar-refractivity contribution in [2.24, 2.45) is 0 Å². The average Bonchev–Trinajstić information content (AvgIpc) is 2.49. The molecule has 5 heteroatoms. The molecule has 3 rings (SSSR count). The number of rotatable bonds is 3. The molecule has 1 fully saturated rings. The molecule has 0 amide bonds. The summed E-state index contributed by atoms with van der Waals surface area (Å²) < 4.78 is 1.05. The first-order valence-corrected chi connectivity index (χ1v) is 8.12. The number of benzene rings is 1. The molecule has 0 saturated carbocycles. The van der Waals surface area contributed by atoms with Crippen molar-refractivity contribution >= 4 is 32.5 Å². The van der Waals surface area contributed by atoms with Gasteiger partial charge < -0.3 is 10.0 Å². The van der Waals surface area contributed by atoms with Gasteiger partial charge in [-0.15, -0.1) is 0 Å². The Kier molecular flexibility index (Phi) is 4.42. The lowest BCUT2D eigenvalue weighted by Crippen LogP contribution is -2.47. The fourth-order valence-corrected chi connectivity index (χ4v) is 3.39. The smallest absolute Gasteiger partial charge is 0.0867 e. The third-order valence-electron chi connectivity index (χ3n) is 4.03. The number of β-amino-alcohol motifs (C(OH)–C–C–N with tert-alkyl or cyclic N) is 1. The number of aliphatic hydroxyl groups excluding tert-OH is 1. The highest BCUT2D eigenvalue weighted by Crippen LogP contribution is 2.31. The molecule has 0 spiro atoms. The van der Waals surface area contributed by atoms with Crippen molar-refractivity contribution in [1.82, 2.24) is 9.88 Å². The molecule has 2 heterocycles. The van der Waals surface area contributed by atoms with Crippen LogP contribution in [0.4, 0.5) is 5.69 Å². The van der Waals surface area contributed by atoms with E-state index in [0.717, 1.165) is 48.4 Å². The molecule has 2 aromatic rings. The van der Waals surface area contributed by atoms with E-state index >= 15 is 0 Å². The fourth-order valence-electron chi connectivity index (χ4n) is 2.94. The van der Waals surface area contributed by atoms with Gasteiger partial charge in [0.1, 0.15) is 0 Å². The summed E-state index contributed by atoms with van der Waals surface area (Å²) in [6.45, 7) is 7.04. The van der Waals surface area contributed by atoms with Gasteiger partial charge in [0, 0.05) is 54.0 Å². The number of anilines is 1. The standard InChI is InChI=1S/C16H20BrN3O/c1-12-11-15(13-3-2-4-14(17)16(13)18-12)20-7-5-19(6-8-20)9-10-21/h2-4,11,21H,5-10H2,1H3. The normalized spacial score (nSPS) is 16.6. The first-order valence-electron chi connectivity index (χ1n) is 7.33. The maximum atomic E-state index is 9.04. The molecule has 1 N–H and O–H groups in total. The lowest BCUT2D eigenvalue weighted by atomic mass is 10.1. The van der Waals surface area contributed by atoms with Crippen LogP contribution < -0.4 is 4.90 Å². The van der Waals surface area contributed by atoms with Crippen molar-refractivity contribution in [2.45, 2.75) is 6.92 Å². The highest BCUT2D eigenvalue weighted by Gasteiger charge is 2.19. The number of hydrogen-bond acceptors (Lipinski definition) is 4. The van der Waals surface area contributed by atoms with Gasteiger partial charge in [-0.2, -0.15) is 0 Å². The van der Waals surface area contributed by atoms with Crippen molar-refractivity contribution in [1.29, 1.82) is 0 Å². The molecule has 112 valence electrons. The third-order valence-corrected chi connectivity index (χ3v) is 4.67. The van der Waals surface area contributed by atoms with Gasteiger partial charge >= 0.3 is 0 Å². The summed E-state index contributed by atoms with van der Waals surface area (Å²) in [6, 6.07) is 8.42. The molecule has 1 saturated heterocycles. The molecule has 0 radical (unpaired) electrons. The quantitative estimate of drug-likeness (QED) is 0.923. The second-order valence-electron chi connectivity index (χ2n) is 5.47. The van der Waals surface area contributed by atoms with Crippen LogP contribution in [0.15, 0.2) is 28.7 Å². The maximum absolute atomic E-state index is 9.04. The molecule has 1 aromatic heterocycles. The molecule has 0 unspecified atom stereocenters. The number of nitrogens with zero attached hydrogens (tertiary/aromatic N) is 3. The number of piperazine rings is 1. The van der Waals surface area contributed by atoms with Crippen LogP contribution in [0, 0.1) is 6.92 Å². The Hall–Kier alpha value is -1.17. The zero-order valence-electron chi connectivity index (χ0n) is 12.2. The van der Waals surface area contributed by atoms with Crippen molar-refractivity contribution in [3.8, 4) is 0 Å². The minimum atomic E-state index is 0.240.